The molecule has 0 bridgehead atoms. The van der Waals surface area contributed by atoms with E-state index in [1.54, 1.807) is 6.33 Å². The Bertz CT molecular complexity index is 1200. The minimum absolute atomic E-state index is 0.0346. The topological polar surface area (TPSA) is 79.8 Å². The number of piperidine rings is 1. The zero-order chi connectivity index (χ0) is 24.3. The van der Waals surface area contributed by atoms with Gasteiger partial charge in [0, 0.05) is 61.3 Å². The number of aromatic nitrogens is 2. The standard InChI is InChI=1S/C28H33N5O3/c34-28(31-21-3-5-22(6-4-21)32-12-1-2-13-32)33-14-9-20(10-15-33)27-25-8-7-23(17-26(25)29-19-30-27)36-24-11-16-35-18-24/h3-8,17,19-20,24H,1-2,9-16,18H2,(H,31,34)/t24-/m0/s1. The van der Waals surface area contributed by atoms with E-state index in [-0.39, 0.29) is 12.1 Å². The number of amides is 2. The molecule has 0 unspecified atom stereocenters. The van der Waals surface area contributed by atoms with Crippen LogP contribution in [0.3, 0.4) is 0 Å². The Kier molecular flexibility index (Phi) is 6.59. The quantitative estimate of drug-likeness (QED) is 0.556. The van der Waals surface area contributed by atoms with E-state index in [1.807, 2.05) is 29.2 Å². The lowest BCUT2D eigenvalue weighted by molar-refractivity contribution is 0.141. The summed E-state index contributed by atoms with van der Waals surface area (Å²) in [6, 6.07) is 14.2. The third-order valence-electron chi connectivity index (χ3n) is 7.59. The third-order valence-corrected chi connectivity index (χ3v) is 7.59. The van der Waals surface area contributed by atoms with Gasteiger partial charge in [-0.05, 0) is 62.1 Å². The van der Waals surface area contributed by atoms with Crippen LogP contribution in [0.15, 0.2) is 48.8 Å². The fourth-order valence-electron chi connectivity index (χ4n) is 5.54. The molecule has 36 heavy (non-hydrogen) atoms. The molecule has 0 spiro atoms. The molecular weight excluding hydrogens is 454 g/mol. The average molecular weight is 488 g/mol. The van der Waals surface area contributed by atoms with Gasteiger partial charge in [0.05, 0.1) is 24.4 Å². The molecule has 2 amide bonds. The van der Waals surface area contributed by atoms with Gasteiger partial charge in [0.1, 0.15) is 18.2 Å². The summed E-state index contributed by atoms with van der Waals surface area (Å²) in [5.74, 6) is 1.12. The zero-order valence-electron chi connectivity index (χ0n) is 20.6. The second kappa shape index (κ2) is 10.3. The molecule has 3 saturated heterocycles. The molecular formula is C28H33N5O3. The Morgan fingerprint density at radius 1 is 0.972 bits per heavy atom. The van der Waals surface area contributed by atoms with Crippen LogP contribution in [0, 0.1) is 0 Å². The van der Waals surface area contributed by atoms with E-state index >= 15 is 0 Å². The van der Waals surface area contributed by atoms with Gasteiger partial charge in [-0.1, -0.05) is 0 Å². The van der Waals surface area contributed by atoms with Crippen LogP contribution < -0.4 is 15.0 Å². The van der Waals surface area contributed by atoms with Gasteiger partial charge >= 0.3 is 6.03 Å². The Morgan fingerprint density at radius 2 is 1.78 bits per heavy atom. The predicted octanol–water partition coefficient (Wildman–Crippen LogP) is 4.81. The van der Waals surface area contributed by atoms with Crippen LogP contribution in [0.4, 0.5) is 16.2 Å². The second-order valence-corrected chi connectivity index (χ2v) is 9.97. The summed E-state index contributed by atoms with van der Waals surface area (Å²) in [5.41, 5.74) is 4.03. The smallest absolute Gasteiger partial charge is 0.321 e. The summed E-state index contributed by atoms with van der Waals surface area (Å²) in [6.07, 6.45) is 6.95. The molecule has 0 saturated carbocycles. The van der Waals surface area contributed by atoms with Crippen molar-refractivity contribution in [1.82, 2.24) is 14.9 Å². The van der Waals surface area contributed by atoms with E-state index < -0.39 is 0 Å². The van der Waals surface area contributed by atoms with Crippen molar-refractivity contribution in [1.29, 1.82) is 0 Å². The molecule has 3 fully saturated rings. The van der Waals surface area contributed by atoms with Crippen molar-refractivity contribution in [2.75, 3.05) is 49.6 Å². The maximum atomic E-state index is 12.9. The van der Waals surface area contributed by atoms with E-state index in [0.29, 0.717) is 25.6 Å². The number of rotatable bonds is 5. The van der Waals surface area contributed by atoms with Gasteiger partial charge in [0.25, 0.3) is 0 Å². The number of hydrogen-bond donors (Lipinski definition) is 1. The lowest BCUT2D eigenvalue weighted by Crippen LogP contribution is -2.40. The first-order valence-corrected chi connectivity index (χ1v) is 13.1. The van der Waals surface area contributed by atoms with Crippen molar-refractivity contribution in [3.63, 3.8) is 0 Å². The first-order chi connectivity index (χ1) is 17.7. The Balaban J connectivity index is 1.06. The highest BCUT2D eigenvalue weighted by Crippen LogP contribution is 2.33. The molecule has 1 aromatic heterocycles. The lowest BCUT2D eigenvalue weighted by atomic mass is 9.91. The molecule has 4 heterocycles. The zero-order valence-corrected chi connectivity index (χ0v) is 20.6. The molecule has 0 radical (unpaired) electrons. The molecule has 3 aromatic rings. The third kappa shape index (κ3) is 4.95. The SMILES string of the molecule is O=C(Nc1ccc(N2CCCC2)cc1)N1CCC(c2ncnc3cc(O[C@H]4CCOC4)ccc23)CC1. The van der Waals surface area contributed by atoms with Crippen molar-refractivity contribution in [3.8, 4) is 5.75 Å². The van der Waals surface area contributed by atoms with Crippen LogP contribution in [-0.4, -0.2) is 66.4 Å². The largest absolute Gasteiger partial charge is 0.488 e. The van der Waals surface area contributed by atoms with Crippen molar-refractivity contribution < 1.29 is 14.3 Å². The maximum absolute atomic E-state index is 12.9. The number of nitrogens with one attached hydrogen (secondary N) is 1. The minimum Gasteiger partial charge on any atom is -0.488 e. The highest BCUT2D eigenvalue weighted by Gasteiger charge is 2.26. The first-order valence-electron chi connectivity index (χ1n) is 13.1. The van der Waals surface area contributed by atoms with Crippen LogP contribution in [0.5, 0.6) is 5.75 Å². The molecule has 1 N–H and O–H groups in total. The molecule has 8 nitrogen and oxygen atoms in total. The van der Waals surface area contributed by atoms with Crippen molar-refractivity contribution in [2.45, 2.75) is 44.1 Å². The summed E-state index contributed by atoms with van der Waals surface area (Å²) in [7, 11) is 0. The summed E-state index contributed by atoms with van der Waals surface area (Å²) in [5, 5.41) is 4.13. The number of nitrogens with zero attached hydrogens (tertiary/aromatic N) is 4. The number of carbonyl (C=O) groups excluding carboxylic acids is 1. The summed E-state index contributed by atoms with van der Waals surface area (Å²) in [6.45, 7) is 5.04. The Morgan fingerprint density at radius 3 is 2.53 bits per heavy atom. The predicted molar refractivity (Wildman–Crippen MR) is 140 cm³/mol. The van der Waals surface area contributed by atoms with Crippen LogP contribution in [0.25, 0.3) is 10.9 Å². The molecule has 0 aliphatic carbocycles. The molecule has 6 rings (SSSR count). The fraction of sp³-hybridized carbons (Fsp3) is 0.464. The number of anilines is 2. The van der Waals surface area contributed by atoms with Crippen molar-refractivity contribution in [3.05, 3.63) is 54.5 Å². The van der Waals surface area contributed by atoms with Crippen LogP contribution >= 0.6 is 0 Å². The van der Waals surface area contributed by atoms with Gasteiger partial charge in [-0.3, -0.25) is 0 Å². The number of ether oxygens (including phenoxy) is 2. The van der Waals surface area contributed by atoms with Crippen molar-refractivity contribution >= 4 is 28.3 Å². The lowest BCUT2D eigenvalue weighted by Gasteiger charge is -2.32. The van der Waals surface area contributed by atoms with Crippen molar-refractivity contribution in [2.24, 2.45) is 0 Å². The van der Waals surface area contributed by atoms with E-state index in [2.05, 4.69) is 38.4 Å². The van der Waals surface area contributed by atoms with Gasteiger partial charge in [-0.15, -0.1) is 0 Å². The molecule has 1 atom stereocenters. The van der Waals surface area contributed by atoms with E-state index in [1.165, 1.54) is 18.5 Å². The van der Waals surface area contributed by atoms with Crippen LogP contribution in [0.1, 0.15) is 43.7 Å². The first kappa shape index (κ1) is 23.0. The number of carbonyl (C=O) groups is 1. The number of likely N-dealkylation sites (tertiary alicyclic amines) is 1. The Labute approximate surface area is 211 Å². The van der Waals surface area contributed by atoms with E-state index in [0.717, 1.165) is 67.0 Å². The van der Waals surface area contributed by atoms with Gasteiger partial charge in [-0.25, -0.2) is 14.8 Å². The summed E-state index contributed by atoms with van der Waals surface area (Å²) >= 11 is 0. The number of urea groups is 1. The minimum atomic E-state index is -0.0346. The van der Waals surface area contributed by atoms with Gasteiger partial charge in [0.15, 0.2) is 0 Å². The monoisotopic (exact) mass is 487 g/mol. The molecule has 3 aliphatic heterocycles. The normalized spacial score (nSPS) is 20.7. The number of fused-ring (bicyclic) bond motifs is 1. The van der Waals surface area contributed by atoms with Gasteiger partial charge in [0.2, 0.25) is 0 Å². The summed E-state index contributed by atoms with van der Waals surface area (Å²) < 4.78 is 11.5. The fourth-order valence-corrected chi connectivity index (χ4v) is 5.54. The maximum Gasteiger partial charge on any atom is 0.321 e. The van der Waals surface area contributed by atoms with Gasteiger partial charge in [-0.2, -0.15) is 0 Å². The van der Waals surface area contributed by atoms with Gasteiger partial charge < -0.3 is 24.6 Å². The average Bonchev–Trinajstić information content (AvgIpc) is 3.64. The molecule has 3 aliphatic rings. The van der Waals surface area contributed by atoms with Crippen LogP contribution in [-0.2, 0) is 4.74 Å². The molecule has 2 aromatic carbocycles. The summed E-state index contributed by atoms with van der Waals surface area (Å²) in [4.78, 5) is 26.3. The highest BCUT2D eigenvalue weighted by molar-refractivity contribution is 5.89. The number of hydrogen-bond acceptors (Lipinski definition) is 6. The highest BCUT2D eigenvalue weighted by atomic mass is 16.5. The molecule has 8 heteroatoms. The second-order valence-electron chi connectivity index (χ2n) is 9.97. The van der Waals surface area contributed by atoms with E-state index in [4.69, 9.17) is 9.47 Å². The Hall–Kier alpha value is -3.39. The van der Waals surface area contributed by atoms with Crippen LogP contribution in [0.2, 0.25) is 0 Å². The number of benzene rings is 2. The van der Waals surface area contributed by atoms with E-state index in [9.17, 15) is 4.79 Å². The molecule has 188 valence electrons.